The van der Waals surface area contributed by atoms with Crippen molar-refractivity contribution in [3.8, 4) is 5.69 Å². The first-order valence-electron chi connectivity index (χ1n) is 11.1. The zero-order chi connectivity index (χ0) is 23.0. The van der Waals surface area contributed by atoms with Crippen LogP contribution >= 0.6 is 11.6 Å². The van der Waals surface area contributed by atoms with E-state index in [-0.39, 0.29) is 23.8 Å². The topological polar surface area (TPSA) is 67.2 Å². The number of hydrogen-bond acceptors (Lipinski definition) is 3. The van der Waals surface area contributed by atoms with Crippen LogP contribution in [-0.2, 0) is 15.0 Å². The molecule has 31 heavy (non-hydrogen) atoms. The summed E-state index contributed by atoms with van der Waals surface area (Å²) >= 11 is 6.03. The van der Waals surface area contributed by atoms with E-state index in [4.69, 9.17) is 16.7 Å². The maximum Gasteiger partial charge on any atom is 0.245 e. The third-order valence-corrected chi connectivity index (χ3v) is 5.24. The van der Waals surface area contributed by atoms with Gasteiger partial charge in [0, 0.05) is 29.5 Å². The molecule has 1 N–H and O–H groups in total. The zero-order valence-corrected chi connectivity index (χ0v) is 20.1. The summed E-state index contributed by atoms with van der Waals surface area (Å²) in [6, 6.07) is 9.19. The summed E-state index contributed by atoms with van der Waals surface area (Å²) in [6.45, 7) is 11.0. The van der Waals surface area contributed by atoms with Crippen LogP contribution in [0, 0.1) is 0 Å². The smallest absolute Gasteiger partial charge is 0.245 e. The van der Waals surface area contributed by atoms with Gasteiger partial charge in [0.1, 0.15) is 5.82 Å². The molecule has 1 aromatic heterocycles. The average molecular weight is 447 g/mol. The van der Waals surface area contributed by atoms with Gasteiger partial charge in [0.05, 0.1) is 17.9 Å². The van der Waals surface area contributed by atoms with Gasteiger partial charge in [-0.3, -0.25) is 9.59 Å². The van der Waals surface area contributed by atoms with Crippen molar-refractivity contribution in [3.63, 3.8) is 0 Å². The maximum absolute atomic E-state index is 12.9. The fourth-order valence-electron chi connectivity index (χ4n) is 3.22. The molecule has 0 bridgehead atoms. The highest BCUT2D eigenvalue weighted by Crippen LogP contribution is 2.27. The van der Waals surface area contributed by atoms with Gasteiger partial charge in [-0.25, -0.2) is 4.68 Å². The zero-order valence-electron chi connectivity index (χ0n) is 19.4. The number of carbonyl (C=O) groups is 2. The first-order valence-corrected chi connectivity index (χ1v) is 11.5. The van der Waals surface area contributed by atoms with Crippen LogP contribution in [0.4, 0.5) is 5.82 Å². The molecule has 0 fully saturated rings. The lowest BCUT2D eigenvalue weighted by Gasteiger charge is -2.21. The summed E-state index contributed by atoms with van der Waals surface area (Å²) in [5.74, 6) is 0.382. The quantitative estimate of drug-likeness (QED) is 0.484. The van der Waals surface area contributed by atoms with Gasteiger partial charge in [-0.2, -0.15) is 5.10 Å². The Morgan fingerprint density at radius 3 is 2.35 bits per heavy atom. The molecule has 6 nitrogen and oxygen atoms in total. The average Bonchev–Trinajstić information content (AvgIpc) is 3.12. The highest BCUT2D eigenvalue weighted by Gasteiger charge is 2.23. The highest BCUT2D eigenvalue weighted by atomic mass is 35.5. The molecule has 0 spiro atoms. The Hall–Kier alpha value is -2.34. The second-order valence-electron chi connectivity index (χ2n) is 8.87. The van der Waals surface area contributed by atoms with Gasteiger partial charge in [0.15, 0.2) is 0 Å². The van der Waals surface area contributed by atoms with Crippen molar-refractivity contribution in [1.29, 1.82) is 0 Å². The minimum atomic E-state index is -0.229. The third-order valence-electron chi connectivity index (χ3n) is 4.99. The van der Waals surface area contributed by atoms with E-state index in [1.807, 2.05) is 25.1 Å². The van der Waals surface area contributed by atoms with Crippen molar-refractivity contribution in [2.45, 2.75) is 72.1 Å². The number of nitrogens with one attached hydrogen (secondary N) is 1. The van der Waals surface area contributed by atoms with Crippen LogP contribution < -0.4 is 5.32 Å². The highest BCUT2D eigenvalue weighted by molar-refractivity contribution is 6.30. The molecule has 7 heteroatoms. The lowest BCUT2D eigenvalue weighted by Crippen LogP contribution is -2.38. The summed E-state index contributed by atoms with van der Waals surface area (Å²) in [4.78, 5) is 27.1. The summed E-state index contributed by atoms with van der Waals surface area (Å²) < 4.78 is 1.71. The number of hydrogen-bond donors (Lipinski definition) is 1. The second-order valence-corrected chi connectivity index (χ2v) is 9.31. The van der Waals surface area contributed by atoms with Crippen LogP contribution in [0.3, 0.4) is 0 Å². The first kappa shape index (κ1) is 24.9. The van der Waals surface area contributed by atoms with Gasteiger partial charge in [0.25, 0.3) is 0 Å². The Labute approximate surface area is 191 Å². The number of anilines is 1. The van der Waals surface area contributed by atoms with E-state index in [1.54, 1.807) is 21.7 Å². The van der Waals surface area contributed by atoms with E-state index >= 15 is 0 Å². The van der Waals surface area contributed by atoms with E-state index in [0.29, 0.717) is 23.8 Å². The predicted molar refractivity (Wildman–Crippen MR) is 127 cm³/mol. The molecule has 0 unspecified atom stereocenters. The van der Waals surface area contributed by atoms with Gasteiger partial charge in [0.2, 0.25) is 11.8 Å². The third kappa shape index (κ3) is 7.39. The molecular weight excluding hydrogens is 412 g/mol. The molecule has 0 aliphatic heterocycles. The SMILES string of the molecule is CCCCCC(=O)N(CCC)CC(=O)Nc1cc(C(C)(C)C)nn1-c1ccc(Cl)cc1. The molecule has 0 aliphatic carbocycles. The van der Waals surface area contributed by atoms with Crippen molar-refractivity contribution in [2.75, 3.05) is 18.4 Å². The van der Waals surface area contributed by atoms with Crippen LogP contribution in [0.5, 0.6) is 0 Å². The molecule has 1 heterocycles. The molecule has 0 aliphatic rings. The van der Waals surface area contributed by atoms with Crippen molar-refractivity contribution in [1.82, 2.24) is 14.7 Å². The Kier molecular flexibility index (Phi) is 9.11. The molecular formula is C24H35ClN4O2. The van der Waals surface area contributed by atoms with Crippen molar-refractivity contribution in [3.05, 3.63) is 41.0 Å². The number of unbranched alkanes of at least 4 members (excludes halogenated alkanes) is 2. The summed E-state index contributed by atoms with van der Waals surface area (Å²) in [5, 5.41) is 8.31. The second kappa shape index (κ2) is 11.3. The summed E-state index contributed by atoms with van der Waals surface area (Å²) in [6.07, 6.45) is 4.23. The fourth-order valence-corrected chi connectivity index (χ4v) is 3.34. The van der Waals surface area contributed by atoms with E-state index in [2.05, 4.69) is 33.0 Å². The van der Waals surface area contributed by atoms with Crippen LogP contribution in [0.25, 0.3) is 5.69 Å². The molecule has 2 amide bonds. The Balaban J connectivity index is 2.21. The van der Waals surface area contributed by atoms with Crippen molar-refractivity contribution >= 4 is 29.2 Å². The molecule has 0 atom stereocenters. The molecule has 1 aromatic carbocycles. The Morgan fingerprint density at radius 2 is 1.77 bits per heavy atom. The Bertz CT molecular complexity index is 869. The normalized spacial score (nSPS) is 11.4. The number of nitrogens with zero attached hydrogens (tertiary/aromatic N) is 3. The molecule has 2 aromatic rings. The number of halogens is 1. The van der Waals surface area contributed by atoms with Gasteiger partial charge >= 0.3 is 0 Å². The van der Waals surface area contributed by atoms with E-state index in [0.717, 1.165) is 37.1 Å². The van der Waals surface area contributed by atoms with Crippen LogP contribution in [-0.4, -0.2) is 39.6 Å². The number of carbonyl (C=O) groups excluding carboxylic acids is 2. The number of benzene rings is 1. The van der Waals surface area contributed by atoms with Crippen molar-refractivity contribution in [2.24, 2.45) is 0 Å². The Morgan fingerprint density at radius 1 is 1.10 bits per heavy atom. The number of rotatable bonds is 10. The van der Waals surface area contributed by atoms with E-state index in [1.165, 1.54) is 0 Å². The molecule has 2 rings (SSSR count). The standard InChI is InChI=1S/C24H35ClN4O2/c1-6-8-9-10-23(31)28(15-7-2)17-22(30)26-21-16-20(24(3,4)5)27-29(21)19-13-11-18(25)12-14-19/h11-14,16H,6-10,15,17H2,1-5H3,(H,26,30). The van der Waals surface area contributed by atoms with Crippen molar-refractivity contribution < 1.29 is 9.59 Å². The van der Waals surface area contributed by atoms with Crippen LogP contribution in [0.2, 0.25) is 5.02 Å². The molecule has 0 radical (unpaired) electrons. The van der Waals surface area contributed by atoms with Gasteiger partial charge in [-0.05, 0) is 37.1 Å². The maximum atomic E-state index is 12.9. The molecule has 0 saturated carbocycles. The monoisotopic (exact) mass is 446 g/mol. The van der Waals surface area contributed by atoms with E-state index in [9.17, 15) is 9.59 Å². The minimum absolute atomic E-state index is 0.0343. The lowest BCUT2D eigenvalue weighted by molar-refractivity contribution is -0.134. The van der Waals surface area contributed by atoms with Gasteiger partial charge < -0.3 is 10.2 Å². The van der Waals surface area contributed by atoms with Gasteiger partial charge in [-0.15, -0.1) is 0 Å². The fraction of sp³-hybridized carbons (Fsp3) is 0.542. The summed E-state index contributed by atoms with van der Waals surface area (Å²) in [5.41, 5.74) is 1.48. The minimum Gasteiger partial charge on any atom is -0.333 e. The van der Waals surface area contributed by atoms with Crippen LogP contribution in [0.1, 0.15) is 72.4 Å². The van der Waals surface area contributed by atoms with E-state index < -0.39 is 0 Å². The van der Waals surface area contributed by atoms with Gasteiger partial charge in [-0.1, -0.05) is 59.1 Å². The first-order chi connectivity index (χ1) is 14.7. The predicted octanol–water partition coefficient (Wildman–Crippen LogP) is 5.58. The molecule has 0 saturated heterocycles. The number of amides is 2. The summed E-state index contributed by atoms with van der Waals surface area (Å²) in [7, 11) is 0. The largest absolute Gasteiger partial charge is 0.333 e. The number of aromatic nitrogens is 2. The van der Waals surface area contributed by atoms with Crippen LogP contribution in [0.15, 0.2) is 30.3 Å². The molecule has 170 valence electrons. The lowest BCUT2D eigenvalue weighted by atomic mass is 9.92.